The smallest absolute Gasteiger partial charge is 0.251 e. The van der Waals surface area contributed by atoms with Crippen molar-refractivity contribution in [2.24, 2.45) is 5.92 Å². The Labute approximate surface area is 114 Å². The van der Waals surface area contributed by atoms with Crippen molar-refractivity contribution >= 4 is 11.6 Å². The van der Waals surface area contributed by atoms with E-state index in [2.05, 4.69) is 5.32 Å². The number of hydrogen-bond acceptors (Lipinski definition) is 3. The average Bonchev–Trinajstić information content (AvgIpc) is 2.92. The summed E-state index contributed by atoms with van der Waals surface area (Å²) in [5.74, 6) is 0.607. The van der Waals surface area contributed by atoms with Gasteiger partial charge in [-0.05, 0) is 37.0 Å². The van der Waals surface area contributed by atoms with Crippen LogP contribution in [-0.2, 0) is 4.74 Å². The van der Waals surface area contributed by atoms with Crippen LogP contribution in [0.25, 0.3) is 0 Å². The van der Waals surface area contributed by atoms with Gasteiger partial charge < -0.3 is 15.0 Å². The van der Waals surface area contributed by atoms with E-state index in [9.17, 15) is 4.79 Å². The van der Waals surface area contributed by atoms with Gasteiger partial charge in [-0.2, -0.15) is 0 Å². The highest BCUT2D eigenvalue weighted by Gasteiger charge is 2.15. The largest absolute Gasteiger partial charge is 0.381 e. The van der Waals surface area contributed by atoms with E-state index in [0.717, 1.165) is 38.3 Å². The van der Waals surface area contributed by atoms with Gasteiger partial charge in [-0.25, -0.2) is 0 Å². The van der Waals surface area contributed by atoms with E-state index >= 15 is 0 Å². The molecule has 2 rings (SSSR count). The molecule has 0 bridgehead atoms. The second-order valence-corrected chi connectivity index (χ2v) is 5.22. The quantitative estimate of drug-likeness (QED) is 0.881. The second-order valence-electron chi connectivity index (χ2n) is 5.22. The van der Waals surface area contributed by atoms with Crippen LogP contribution in [0.4, 0.5) is 5.69 Å². The lowest BCUT2D eigenvalue weighted by Gasteiger charge is -2.14. The molecule has 1 N–H and O–H groups in total. The number of rotatable bonds is 5. The molecule has 1 aromatic carbocycles. The normalized spacial score (nSPS) is 18.3. The van der Waals surface area contributed by atoms with E-state index in [1.165, 1.54) is 0 Å². The van der Waals surface area contributed by atoms with Gasteiger partial charge in [0.15, 0.2) is 0 Å². The van der Waals surface area contributed by atoms with E-state index < -0.39 is 0 Å². The lowest BCUT2D eigenvalue weighted by molar-refractivity contribution is 0.0950. The summed E-state index contributed by atoms with van der Waals surface area (Å²) in [5, 5.41) is 2.98. The molecule has 0 aliphatic carbocycles. The molecule has 1 aromatic rings. The fourth-order valence-corrected chi connectivity index (χ4v) is 2.23. The van der Waals surface area contributed by atoms with Crippen LogP contribution < -0.4 is 10.2 Å². The predicted octanol–water partition coefficient (Wildman–Crippen LogP) is 1.91. The SMILES string of the molecule is CN(C)c1cccc(C(=O)NCC[C@@H]2CCOC2)c1. The number of carbonyl (C=O) groups is 1. The molecule has 1 atom stereocenters. The molecular formula is C15H22N2O2. The number of nitrogens with zero attached hydrogens (tertiary/aromatic N) is 1. The molecule has 0 spiro atoms. The molecule has 1 saturated heterocycles. The molecule has 1 amide bonds. The number of benzene rings is 1. The number of amides is 1. The van der Waals surface area contributed by atoms with Gasteiger partial charge in [0.05, 0.1) is 0 Å². The van der Waals surface area contributed by atoms with Gasteiger partial charge in [0.25, 0.3) is 5.91 Å². The van der Waals surface area contributed by atoms with Crippen molar-refractivity contribution in [3.8, 4) is 0 Å². The number of ether oxygens (including phenoxy) is 1. The van der Waals surface area contributed by atoms with Crippen LogP contribution in [0.3, 0.4) is 0 Å². The molecule has 1 aliphatic heterocycles. The summed E-state index contributed by atoms with van der Waals surface area (Å²) in [5.41, 5.74) is 1.76. The van der Waals surface area contributed by atoms with Gasteiger partial charge in [-0.15, -0.1) is 0 Å². The Kier molecular flexibility index (Phi) is 4.80. The van der Waals surface area contributed by atoms with Crippen molar-refractivity contribution in [2.75, 3.05) is 38.8 Å². The zero-order valence-corrected chi connectivity index (χ0v) is 11.7. The second kappa shape index (κ2) is 6.57. The van der Waals surface area contributed by atoms with Crippen molar-refractivity contribution in [2.45, 2.75) is 12.8 Å². The third-order valence-electron chi connectivity index (χ3n) is 3.49. The minimum Gasteiger partial charge on any atom is -0.381 e. The fraction of sp³-hybridized carbons (Fsp3) is 0.533. The summed E-state index contributed by atoms with van der Waals surface area (Å²) in [6, 6.07) is 7.66. The van der Waals surface area contributed by atoms with E-state index in [4.69, 9.17) is 4.74 Å². The number of anilines is 1. The van der Waals surface area contributed by atoms with E-state index in [-0.39, 0.29) is 5.91 Å². The third-order valence-corrected chi connectivity index (χ3v) is 3.49. The Balaban J connectivity index is 1.83. The van der Waals surface area contributed by atoms with E-state index in [1.807, 2.05) is 43.3 Å². The summed E-state index contributed by atoms with van der Waals surface area (Å²) in [7, 11) is 3.94. The summed E-state index contributed by atoms with van der Waals surface area (Å²) in [6.45, 7) is 2.43. The van der Waals surface area contributed by atoms with Gasteiger partial charge in [0.2, 0.25) is 0 Å². The highest BCUT2D eigenvalue weighted by Crippen LogP contribution is 2.16. The lowest BCUT2D eigenvalue weighted by atomic mass is 10.1. The maximum Gasteiger partial charge on any atom is 0.251 e. The minimum atomic E-state index is 0.00242. The zero-order chi connectivity index (χ0) is 13.7. The summed E-state index contributed by atoms with van der Waals surface area (Å²) in [6.07, 6.45) is 2.12. The van der Waals surface area contributed by atoms with Gasteiger partial charge in [-0.3, -0.25) is 4.79 Å². The molecule has 1 heterocycles. The summed E-state index contributed by atoms with van der Waals surface area (Å²) < 4.78 is 5.32. The van der Waals surface area contributed by atoms with Crippen LogP contribution in [-0.4, -0.2) is 39.8 Å². The Hall–Kier alpha value is -1.55. The predicted molar refractivity (Wildman–Crippen MR) is 76.6 cm³/mol. The molecule has 1 fully saturated rings. The van der Waals surface area contributed by atoms with Crippen LogP contribution in [0.1, 0.15) is 23.2 Å². The molecule has 0 aromatic heterocycles. The Bertz CT molecular complexity index is 426. The van der Waals surface area contributed by atoms with Crippen LogP contribution in [0.5, 0.6) is 0 Å². The molecular weight excluding hydrogens is 240 g/mol. The maximum absolute atomic E-state index is 12.0. The van der Waals surface area contributed by atoms with Crippen molar-refractivity contribution in [3.05, 3.63) is 29.8 Å². The van der Waals surface area contributed by atoms with Crippen LogP contribution >= 0.6 is 0 Å². The summed E-state index contributed by atoms with van der Waals surface area (Å²) >= 11 is 0. The van der Waals surface area contributed by atoms with Crippen molar-refractivity contribution in [3.63, 3.8) is 0 Å². The molecule has 104 valence electrons. The third kappa shape index (κ3) is 3.96. The molecule has 4 heteroatoms. The van der Waals surface area contributed by atoms with E-state index in [1.54, 1.807) is 0 Å². The number of carbonyl (C=O) groups excluding carboxylic acids is 1. The standard InChI is InChI=1S/C15H22N2O2/c1-17(2)14-5-3-4-13(10-14)15(18)16-8-6-12-7-9-19-11-12/h3-5,10,12H,6-9,11H2,1-2H3,(H,16,18)/t12-/m1/s1. The van der Waals surface area contributed by atoms with Gasteiger partial charge in [-0.1, -0.05) is 6.07 Å². The first-order valence-electron chi connectivity index (χ1n) is 6.80. The first-order chi connectivity index (χ1) is 9.16. The molecule has 1 aliphatic rings. The van der Waals surface area contributed by atoms with Crippen LogP contribution in [0.15, 0.2) is 24.3 Å². The molecule has 0 radical (unpaired) electrons. The van der Waals surface area contributed by atoms with Gasteiger partial charge in [0, 0.05) is 45.1 Å². The molecule has 4 nitrogen and oxygen atoms in total. The van der Waals surface area contributed by atoms with Crippen molar-refractivity contribution < 1.29 is 9.53 Å². The molecule has 19 heavy (non-hydrogen) atoms. The zero-order valence-electron chi connectivity index (χ0n) is 11.7. The first-order valence-corrected chi connectivity index (χ1v) is 6.80. The molecule has 0 unspecified atom stereocenters. The highest BCUT2D eigenvalue weighted by molar-refractivity contribution is 5.95. The average molecular weight is 262 g/mol. The Morgan fingerprint density at radius 2 is 2.32 bits per heavy atom. The molecule has 0 saturated carbocycles. The highest BCUT2D eigenvalue weighted by atomic mass is 16.5. The van der Waals surface area contributed by atoms with Gasteiger partial charge in [0.1, 0.15) is 0 Å². The number of nitrogens with one attached hydrogen (secondary N) is 1. The fourth-order valence-electron chi connectivity index (χ4n) is 2.23. The van der Waals surface area contributed by atoms with Crippen molar-refractivity contribution in [1.29, 1.82) is 0 Å². The lowest BCUT2D eigenvalue weighted by Crippen LogP contribution is -2.26. The Morgan fingerprint density at radius 3 is 3.00 bits per heavy atom. The first kappa shape index (κ1) is 13.9. The topological polar surface area (TPSA) is 41.6 Å². The monoisotopic (exact) mass is 262 g/mol. The maximum atomic E-state index is 12.0. The van der Waals surface area contributed by atoms with Crippen LogP contribution in [0.2, 0.25) is 0 Å². The Morgan fingerprint density at radius 1 is 1.47 bits per heavy atom. The summed E-state index contributed by atoms with van der Waals surface area (Å²) in [4.78, 5) is 14.0. The van der Waals surface area contributed by atoms with Crippen molar-refractivity contribution in [1.82, 2.24) is 5.32 Å². The van der Waals surface area contributed by atoms with E-state index in [0.29, 0.717) is 11.5 Å². The van der Waals surface area contributed by atoms with Crippen LogP contribution in [0, 0.1) is 5.92 Å². The number of hydrogen-bond donors (Lipinski definition) is 1. The van der Waals surface area contributed by atoms with Gasteiger partial charge >= 0.3 is 0 Å². The minimum absolute atomic E-state index is 0.00242.